The van der Waals surface area contributed by atoms with Gasteiger partial charge in [-0.05, 0) is 43.2 Å². The minimum Gasteiger partial charge on any atom is -0.392 e. The summed E-state index contributed by atoms with van der Waals surface area (Å²) in [6.07, 6.45) is 7.73. The van der Waals surface area contributed by atoms with E-state index in [-0.39, 0.29) is 12.1 Å². The topological polar surface area (TPSA) is 73.2 Å². The molecule has 5 aromatic rings. The number of nitrogens with zero attached hydrogens (tertiary/aromatic N) is 5. The molecule has 6 rings (SSSR count). The Morgan fingerprint density at radius 1 is 0.895 bits per heavy atom. The number of hydrogen-bond donors (Lipinski definition) is 2. The normalized spacial score (nSPS) is 16.1. The fraction of sp³-hybridized carbons (Fsp3) is 0.290. The molecule has 0 radical (unpaired) electrons. The van der Waals surface area contributed by atoms with Crippen LogP contribution in [-0.2, 0) is 0 Å². The summed E-state index contributed by atoms with van der Waals surface area (Å²) >= 11 is 0. The molecule has 38 heavy (non-hydrogen) atoms. The zero-order chi connectivity index (χ0) is 26.1. The van der Waals surface area contributed by atoms with Crippen LogP contribution in [0.2, 0.25) is 0 Å². The maximum Gasteiger partial charge on any atom is 0.137 e. The van der Waals surface area contributed by atoms with Crippen LogP contribution in [0.5, 0.6) is 0 Å². The number of benzene rings is 2. The molecule has 0 saturated carbocycles. The Morgan fingerprint density at radius 3 is 2.39 bits per heavy atom. The van der Waals surface area contributed by atoms with Crippen LogP contribution in [0.1, 0.15) is 25.5 Å². The Morgan fingerprint density at radius 2 is 1.66 bits per heavy atom. The number of rotatable bonds is 7. The number of β-amino-alcohol motifs (C(OH)–C–C–N with tert-alkyl or cyclic N) is 1. The minimum atomic E-state index is -0.277. The molecule has 2 atom stereocenters. The van der Waals surface area contributed by atoms with Gasteiger partial charge in [0.2, 0.25) is 0 Å². The lowest BCUT2D eigenvalue weighted by Gasteiger charge is -2.36. The maximum absolute atomic E-state index is 9.66. The third-order valence-electron chi connectivity index (χ3n) is 7.58. The molecule has 194 valence electrons. The molecule has 1 aliphatic heterocycles. The molecular formula is C31H34N6O. The average molecular weight is 507 g/mol. The van der Waals surface area contributed by atoms with Gasteiger partial charge in [0.25, 0.3) is 0 Å². The quantitative estimate of drug-likeness (QED) is 0.317. The molecule has 2 aromatic carbocycles. The van der Waals surface area contributed by atoms with Crippen LogP contribution in [0.15, 0.2) is 85.5 Å². The lowest BCUT2D eigenvalue weighted by atomic mass is 10.0. The van der Waals surface area contributed by atoms with Crippen LogP contribution in [0.4, 0.5) is 5.69 Å². The highest BCUT2D eigenvalue weighted by atomic mass is 16.3. The molecule has 1 unspecified atom stereocenters. The molecule has 4 heterocycles. The highest BCUT2D eigenvalue weighted by Crippen LogP contribution is 2.32. The van der Waals surface area contributed by atoms with Crippen molar-refractivity contribution in [3.63, 3.8) is 0 Å². The highest BCUT2D eigenvalue weighted by Gasteiger charge is 2.18. The summed E-state index contributed by atoms with van der Waals surface area (Å²) < 4.78 is 2.02. The number of aliphatic hydroxyl groups excluding tert-OH is 1. The van der Waals surface area contributed by atoms with Crippen molar-refractivity contribution in [1.82, 2.24) is 24.6 Å². The van der Waals surface area contributed by atoms with Crippen LogP contribution in [0.3, 0.4) is 0 Å². The zero-order valence-electron chi connectivity index (χ0n) is 22.0. The Balaban J connectivity index is 1.21. The Hall–Kier alpha value is -3.94. The predicted octanol–water partition coefficient (Wildman–Crippen LogP) is 5.21. The van der Waals surface area contributed by atoms with E-state index in [1.54, 1.807) is 0 Å². The van der Waals surface area contributed by atoms with Crippen LogP contribution >= 0.6 is 0 Å². The molecule has 7 nitrogen and oxygen atoms in total. The summed E-state index contributed by atoms with van der Waals surface area (Å²) in [6, 6.07) is 21.6. The van der Waals surface area contributed by atoms with E-state index in [0.717, 1.165) is 66.0 Å². The number of aliphatic hydroxyl groups is 1. The number of H-pyrrole nitrogens is 1. The van der Waals surface area contributed by atoms with Gasteiger partial charge in [0.15, 0.2) is 0 Å². The lowest BCUT2D eigenvalue weighted by molar-refractivity contribution is 0.123. The SMILES string of the molecule is CC(c1ccccc1)n1cc(-c2c[nH]c3ncc(-c4ccc(N5CCN(C[C@H](C)O)CC5)cc4)cc23)cn1. The lowest BCUT2D eigenvalue weighted by Crippen LogP contribution is -2.48. The maximum atomic E-state index is 9.66. The van der Waals surface area contributed by atoms with Gasteiger partial charge in [-0.25, -0.2) is 4.98 Å². The highest BCUT2D eigenvalue weighted by molar-refractivity contribution is 5.95. The summed E-state index contributed by atoms with van der Waals surface area (Å²) in [5, 5.41) is 15.4. The van der Waals surface area contributed by atoms with Crippen LogP contribution in [-0.4, -0.2) is 68.6 Å². The molecule has 0 aliphatic carbocycles. The molecule has 0 spiro atoms. The number of nitrogens with one attached hydrogen (secondary N) is 1. The van der Waals surface area contributed by atoms with Gasteiger partial charge >= 0.3 is 0 Å². The van der Waals surface area contributed by atoms with Gasteiger partial charge in [-0.1, -0.05) is 42.5 Å². The molecule has 3 aromatic heterocycles. The molecule has 2 N–H and O–H groups in total. The smallest absolute Gasteiger partial charge is 0.137 e. The van der Waals surface area contributed by atoms with Crippen molar-refractivity contribution in [2.24, 2.45) is 0 Å². The van der Waals surface area contributed by atoms with Gasteiger partial charge in [0.1, 0.15) is 5.65 Å². The summed E-state index contributed by atoms with van der Waals surface area (Å²) in [5.74, 6) is 0. The minimum absolute atomic E-state index is 0.156. The van der Waals surface area contributed by atoms with Crippen molar-refractivity contribution in [1.29, 1.82) is 0 Å². The number of anilines is 1. The fourth-order valence-corrected chi connectivity index (χ4v) is 5.40. The number of piperazine rings is 1. The summed E-state index contributed by atoms with van der Waals surface area (Å²) in [6.45, 7) is 8.67. The van der Waals surface area contributed by atoms with Crippen LogP contribution in [0.25, 0.3) is 33.3 Å². The second-order valence-electron chi connectivity index (χ2n) is 10.3. The Labute approximate surface area is 223 Å². The average Bonchev–Trinajstić information content (AvgIpc) is 3.60. The standard InChI is InChI=1S/C31H34N6O/c1-22(38)20-35-12-14-36(15-13-35)28-10-8-25(9-11-28)26-16-29-30(19-33-31(29)32-17-26)27-18-34-37(21-27)23(2)24-6-4-3-5-7-24/h3-11,16-19,21-23,38H,12-15,20H2,1-2H3,(H,32,33)/t22-,23?/m0/s1. The van der Waals surface area contributed by atoms with E-state index in [9.17, 15) is 5.11 Å². The first-order chi connectivity index (χ1) is 18.5. The molecule has 7 heteroatoms. The van der Waals surface area contributed by atoms with Crippen LogP contribution in [0, 0.1) is 0 Å². The van der Waals surface area contributed by atoms with E-state index < -0.39 is 0 Å². The second kappa shape index (κ2) is 10.4. The van der Waals surface area contributed by atoms with E-state index in [2.05, 4.69) is 87.6 Å². The fourth-order valence-electron chi connectivity index (χ4n) is 5.40. The van der Waals surface area contributed by atoms with Gasteiger partial charge < -0.3 is 15.0 Å². The number of aromatic nitrogens is 4. The molecular weight excluding hydrogens is 472 g/mol. The molecule has 0 bridgehead atoms. The first-order valence-corrected chi connectivity index (χ1v) is 13.4. The summed E-state index contributed by atoms with van der Waals surface area (Å²) in [4.78, 5) is 12.8. The third-order valence-corrected chi connectivity index (χ3v) is 7.58. The first-order valence-electron chi connectivity index (χ1n) is 13.4. The van der Waals surface area contributed by atoms with Crippen LogP contribution < -0.4 is 4.90 Å². The predicted molar refractivity (Wildman–Crippen MR) is 153 cm³/mol. The number of hydrogen-bond acceptors (Lipinski definition) is 5. The monoisotopic (exact) mass is 506 g/mol. The summed E-state index contributed by atoms with van der Waals surface area (Å²) in [5.41, 5.74) is 7.76. The first kappa shape index (κ1) is 24.4. The van der Waals surface area contributed by atoms with Crippen molar-refractivity contribution < 1.29 is 5.11 Å². The van der Waals surface area contributed by atoms with Crippen molar-refractivity contribution in [2.75, 3.05) is 37.6 Å². The van der Waals surface area contributed by atoms with Crippen molar-refractivity contribution in [2.45, 2.75) is 26.0 Å². The zero-order valence-corrected chi connectivity index (χ0v) is 22.0. The van der Waals surface area contributed by atoms with E-state index in [1.165, 1.54) is 11.3 Å². The number of aromatic amines is 1. The summed E-state index contributed by atoms with van der Waals surface area (Å²) in [7, 11) is 0. The Bertz CT molecular complexity index is 1500. The van der Waals surface area contributed by atoms with Gasteiger partial charge in [-0.3, -0.25) is 9.58 Å². The molecule has 1 aliphatic rings. The molecule has 0 amide bonds. The largest absolute Gasteiger partial charge is 0.392 e. The van der Waals surface area contributed by atoms with Crippen molar-refractivity contribution in [3.8, 4) is 22.3 Å². The van der Waals surface area contributed by atoms with Gasteiger partial charge in [-0.2, -0.15) is 5.10 Å². The molecule has 1 fully saturated rings. The third kappa shape index (κ3) is 4.95. The number of fused-ring (bicyclic) bond motifs is 1. The van der Waals surface area contributed by atoms with E-state index in [4.69, 9.17) is 4.98 Å². The van der Waals surface area contributed by atoms with Crippen molar-refractivity contribution in [3.05, 3.63) is 91.0 Å². The van der Waals surface area contributed by atoms with Gasteiger partial charge in [0.05, 0.1) is 18.3 Å². The number of pyridine rings is 1. The molecule has 1 saturated heterocycles. The second-order valence-corrected chi connectivity index (χ2v) is 10.3. The van der Waals surface area contributed by atoms with Gasteiger partial charge in [-0.15, -0.1) is 0 Å². The Kier molecular flexibility index (Phi) is 6.70. The van der Waals surface area contributed by atoms with Crippen molar-refractivity contribution >= 4 is 16.7 Å². The van der Waals surface area contributed by atoms with E-state index in [1.807, 2.05) is 36.3 Å². The van der Waals surface area contributed by atoms with E-state index >= 15 is 0 Å². The van der Waals surface area contributed by atoms with E-state index in [0.29, 0.717) is 0 Å². The van der Waals surface area contributed by atoms with Gasteiger partial charge in [0, 0.05) is 79.1 Å².